The number of halogens is 1. The van der Waals surface area contributed by atoms with Crippen molar-refractivity contribution in [3.8, 4) is 0 Å². The van der Waals surface area contributed by atoms with Gasteiger partial charge in [0.1, 0.15) is 0 Å². The minimum atomic E-state index is -0.987. The second-order valence-electron chi connectivity index (χ2n) is 6.00. The average Bonchev–Trinajstić information content (AvgIpc) is 2.69. The van der Waals surface area contributed by atoms with E-state index in [1.54, 1.807) is 6.34 Å². The van der Waals surface area contributed by atoms with Crippen molar-refractivity contribution < 1.29 is 4.74 Å². The van der Waals surface area contributed by atoms with Crippen molar-refractivity contribution in [1.29, 1.82) is 0 Å². The van der Waals surface area contributed by atoms with Crippen LogP contribution in [0.5, 0.6) is 0 Å². The molecule has 0 aliphatic carbocycles. The summed E-state index contributed by atoms with van der Waals surface area (Å²) in [6.45, 7) is 0.447. The third-order valence-corrected chi connectivity index (χ3v) is 4.86. The molecule has 3 aromatic carbocycles. The van der Waals surface area contributed by atoms with Crippen molar-refractivity contribution in [1.82, 2.24) is 0 Å². The van der Waals surface area contributed by atoms with Crippen LogP contribution in [0.2, 0.25) is 0 Å². The number of fused-ring (bicyclic) bond motifs is 1. The standard InChI is InChI=1S/C21H18IN3O/c22-17-11-12-20-19(13-17)21(24-15-23-20,25-18-9-5-2-6-10-18)26-14-16-7-3-1-4-8-16/h1-13,15,25H,14H2,(H,23,24). The number of para-hydroxylation sites is 1. The molecule has 0 radical (unpaired) electrons. The zero-order valence-corrected chi connectivity index (χ0v) is 16.2. The minimum Gasteiger partial charge on any atom is -0.346 e. The Morgan fingerprint density at radius 1 is 0.962 bits per heavy atom. The Hall–Kier alpha value is -2.38. The molecule has 1 unspecified atom stereocenters. The molecule has 0 fully saturated rings. The summed E-state index contributed by atoms with van der Waals surface area (Å²) in [4.78, 5) is 4.68. The molecule has 3 aromatic rings. The van der Waals surface area contributed by atoms with Crippen LogP contribution in [0.1, 0.15) is 11.1 Å². The summed E-state index contributed by atoms with van der Waals surface area (Å²) in [5.41, 5.74) is 4.00. The highest BCUT2D eigenvalue weighted by Crippen LogP contribution is 2.38. The summed E-state index contributed by atoms with van der Waals surface area (Å²) in [7, 11) is 0. The summed E-state index contributed by atoms with van der Waals surface area (Å²) < 4.78 is 7.52. The summed E-state index contributed by atoms with van der Waals surface area (Å²) in [6, 6.07) is 26.3. The molecule has 5 heteroatoms. The van der Waals surface area contributed by atoms with Gasteiger partial charge in [0.25, 0.3) is 5.85 Å². The van der Waals surface area contributed by atoms with Crippen molar-refractivity contribution in [2.75, 3.05) is 10.6 Å². The Bertz CT molecular complexity index is 915. The first-order chi connectivity index (χ1) is 12.8. The van der Waals surface area contributed by atoms with Crippen molar-refractivity contribution >= 4 is 40.3 Å². The number of aliphatic imine (C=N–C) groups is 1. The van der Waals surface area contributed by atoms with Crippen LogP contribution in [0.3, 0.4) is 0 Å². The van der Waals surface area contributed by atoms with E-state index in [1.165, 1.54) is 0 Å². The van der Waals surface area contributed by atoms with E-state index in [2.05, 4.69) is 68.5 Å². The van der Waals surface area contributed by atoms with E-state index in [-0.39, 0.29) is 0 Å². The Labute approximate surface area is 166 Å². The Kier molecular flexibility index (Phi) is 4.90. The largest absolute Gasteiger partial charge is 0.346 e. The molecular weight excluding hydrogens is 437 g/mol. The van der Waals surface area contributed by atoms with Gasteiger partial charge in [-0.25, -0.2) is 4.99 Å². The van der Waals surface area contributed by atoms with Gasteiger partial charge in [0.2, 0.25) is 0 Å². The molecule has 130 valence electrons. The lowest BCUT2D eigenvalue weighted by Crippen LogP contribution is -2.40. The van der Waals surface area contributed by atoms with Crippen molar-refractivity contribution in [3.63, 3.8) is 0 Å². The van der Waals surface area contributed by atoms with E-state index in [4.69, 9.17) is 4.74 Å². The molecule has 0 bridgehead atoms. The second-order valence-corrected chi connectivity index (χ2v) is 7.25. The fraction of sp³-hybridized carbons (Fsp3) is 0.0952. The van der Waals surface area contributed by atoms with Crippen LogP contribution in [-0.4, -0.2) is 6.34 Å². The first-order valence-corrected chi connectivity index (χ1v) is 9.44. The molecule has 0 saturated heterocycles. The molecule has 4 nitrogen and oxygen atoms in total. The summed E-state index contributed by atoms with van der Waals surface area (Å²) in [5, 5.41) is 6.70. The molecule has 1 atom stereocenters. The molecule has 1 heterocycles. The van der Waals surface area contributed by atoms with Crippen molar-refractivity contribution in [2.24, 2.45) is 4.99 Å². The number of hydrogen-bond donors (Lipinski definition) is 2. The third kappa shape index (κ3) is 3.59. The van der Waals surface area contributed by atoms with E-state index in [1.807, 2.05) is 48.5 Å². The van der Waals surface area contributed by atoms with Crippen LogP contribution in [0, 0.1) is 3.57 Å². The van der Waals surface area contributed by atoms with Gasteiger partial charge in [0.05, 0.1) is 18.5 Å². The fourth-order valence-electron chi connectivity index (χ4n) is 2.91. The van der Waals surface area contributed by atoms with Gasteiger partial charge in [0.15, 0.2) is 0 Å². The molecule has 0 amide bonds. The van der Waals surface area contributed by atoms with E-state index >= 15 is 0 Å². The summed E-state index contributed by atoms with van der Waals surface area (Å²) in [6.07, 6.45) is 1.69. The molecule has 0 saturated carbocycles. The predicted molar refractivity (Wildman–Crippen MR) is 114 cm³/mol. The molecule has 1 aliphatic rings. The highest BCUT2D eigenvalue weighted by molar-refractivity contribution is 14.1. The van der Waals surface area contributed by atoms with Gasteiger partial charge in [0, 0.05) is 14.9 Å². The van der Waals surface area contributed by atoms with Gasteiger partial charge < -0.3 is 15.4 Å². The maximum absolute atomic E-state index is 6.39. The van der Waals surface area contributed by atoms with E-state index in [0.29, 0.717) is 6.61 Å². The lowest BCUT2D eigenvalue weighted by atomic mass is 10.1. The average molecular weight is 455 g/mol. The second kappa shape index (κ2) is 7.47. The molecule has 0 spiro atoms. The van der Waals surface area contributed by atoms with E-state index < -0.39 is 5.85 Å². The van der Waals surface area contributed by atoms with Crippen LogP contribution in [0.15, 0.2) is 83.9 Å². The summed E-state index contributed by atoms with van der Waals surface area (Å²) in [5.74, 6) is -0.987. The maximum atomic E-state index is 6.39. The molecule has 1 aliphatic heterocycles. The van der Waals surface area contributed by atoms with Gasteiger partial charge in [-0.05, 0) is 58.5 Å². The van der Waals surface area contributed by atoms with Crippen LogP contribution in [0.25, 0.3) is 0 Å². The number of rotatable bonds is 5. The third-order valence-electron chi connectivity index (χ3n) is 4.19. The predicted octanol–water partition coefficient (Wildman–Crippen LogP) is 5.18. The van der Waals surface area contributed by atoms with Gasteiger partial charge in [-0.2, -0.15) is 0 Å². The Morgan fingerprint density at radius 3 is 2.46 bits per heavy atom. The lowest BCUT2D eigenvalue weighted by molar-refractivity contribution is -0.0335. The number of nitrogens with one attached hydrogen (secondary N) is 2. The minimum absolute atomic E-state index is 0.447. The number of hydrogen-bond acceptors (Lipinski definition) is 4. The van der Waals surface area contributed by atoms with Gasteiger partial charge >= 0.3 is 0 Å². The monoisotopic (exact) mass is 455 g/mol. The highest BCUT2D eigenvalue weighted by Gasteiger charge is 2.37. The number of anilines is 2. The zero-order valence-electron chi connectivity index (χ0n) is 14.0. The molecule has 0 aromatic heterocycles. The fourth-order valence-corrected chi connectivity index (χ4v) is 3.41. The Balaban J connectivity index is 1.73. The number of nitrogens with zero attached hydrogens (tertiary/aromatic N) is 1. The van der Waals surface area contributed by atoms with Crippen LogP contribution in [0.4, 0.5) is 11.4 Å². The Morgan fingerprint density at radius 2 is 1.69 bits per heavy atom. The highest BCUT2D eigenvalue weighted by atomic mass is 127. The van der Waals surface area contributed by atoms with Crippen LogP contribution >= 0.6 is 22.6 Å². The van der Waals surface area contributed by atoms with E-state index in [0.717, 1.165) is 26.1 Å². The molecular formula is C21H18IN3O. The molecule has 4 rings (SSSR count). The van der Waals surface area contributed by atoms with Crippen molar-refractivity contribution in [3.05, 3.63) is 93.6 Å². The maximum Gasteiger partial charge on any atom is 0.268 e. The molecule has 26 heavy (non-hydrogen) atoms. The van der Waals surface area contributed by atoms with Gasteiger partial charge in [-0.3, -0.25) is 0 Å². The number of ether oxygens (including phenoxy) is 1. The van der Waals surface area contributed by atoms with Gasteiger partial charge in [-0.15, -0.1) is 0 Å². The topological polar surface area (TPSA) is 45.6 Å². The SMILES string of the molecule is Ic1ccc2c(c1)C(Nc1ccccc1)(OCc1ccccc1)N=CN2. The first kappa shape index (κ1) is 17.1. The number of benzene rings is 3. The van der Waals surface area contributed by atoms with E-state index in [9.17, 15) is 0 Å². The lowest BCUT2D eigenvalue weighted by Gasteiger charge is -2.35. The van der Waals surface area contributed by atoms with Gasteiger partial charge in [-0.1, -0.05) is 48.5 Å². The zero-order chi connectivity index (χ0) is 17.8. The molecule has 2 N–H and O–H groups in total. The van der Waals surface area contributed by atoms with Crippen LogP contribution < -0.4 is 10.6 Å². The normalized spacial score (nSPS) is 18.0. The smallest absolute Gasteiger partial charge is 0.268 e. The quantitative estimate of drug-likeness (QED) is 0.412. The summed E-state index contributed by atoms with van der Waals surface area (Å²) >= 11 is 2.31. The van der Waals surface area contributed by atoms with Crippen molar-refractivity contribution in [2.45, 2.75) is 12.5 Å². The van der Waals surface area contributed by atoms with Crippen LogP contribution in [-0.2, 0) is 17.2 Å². The first-order valence-electron chi connectivity index (χ1n) is 8.37.